The summed E-state index contributed by atoms with van der Waals surface area (Å²) in [5.74, 6) is -0.863. The summed E-state index contributed by atoms with van der Waals surface area (Å²) in [5.41, 5.74) is 1.07. The maximum absolute atomic E-state index is 13.6. The first-order valence-electron chi connectivity index (χ1n) is 10.8. The van der Waals surface area contributed by atoms with Crippen LogP contribution in [0.15, 0.2) is 77.7 Å². The molecule has 1 aliphatic rings. The Kier molecular flexibility index (Phi) is 7.85. The topological polar surface area (TPSA) is 93.2 Å². The molecule has 0 radical (unpaired) electrons. The molecular weight excluding hydrogens is 527 g/mol. The van der Waals surface area contributed by atoms with Gasteiger partial charge in [0.15, 0.2) is 0 Å². The lowest BCUT2D eigenvalue weighted by molar-refractivity contribution is -0.148. The predicted octanol–water partition coefficient (Wildman–Crippen LogP) is 4.15. The van der Waals surface area contributed by atoms with E-state index >= 15 is 0 Å². The lowest BCUT2D eigenvalue weighted by Crippen LogP contribution is -2.50. The number of esters is 1. The Morgan fingerprint density at radius 1 is 1.00 bits per heavy atom. The summed E-state index contributed by atoms with van der Waals surface area (Å²) >= 11 is 11.9. The van der Waals surface area contributed by atoms with Crippen molar-refractivity contribution in [3.05, 3.63) is 88.4 Å². The zero-order valence-electron chi connectivity index (χ0n) is 19.1. The summed E-state index contributed by atoms with van der Waals surface area (Å²) in [6, 6.07) is 19.1. The van der Waals surface area contributed by atoms with Crippen LogP contribution in [0, 0.1) is 0 Å². The molecule has 0 aromatic heterocycles. The molecule has 0 aliphatic carbocycles. The molecule has 0 spiro atoms. The Morgan fingerprint density at radius 3 is 2.25 bits per heavy atom. The van der Waals surface area contributed by atoms with Crippen molar-refractivity contribution in [3.63, 3.8) is 0 Å². The SMILES string of the molecule is COC(=O)[C@H]1CN(C(=O)CN(Cc2ccc(Cl)cc2)S(=O)(=O)c2ccc(Cl)cc2)c2ccccc2O1. The minimum Gasteiger partial charge on any atom is -0.475 e. The second kappa shape index (κ2) is 10.9. The molecule has 11 heteroatoms. The fraction of sp³-hybridized carbons (Fsp3) is 0.200. The molecular formula is C25H22Cl2N2O6S. The Hall–Kier alpha value is -3.11. The summed E-state index contributed by atoms with van der Waals surface area (Å²) < 4.78 is 38.7. The average Bonchev–Trinajstić information content (AvgIpc) is 2.88. The number of rotatable bonds is 7. The van der Waals surface area contributed by atoms with Gasteiger partial charge in [-0.3, -0.25) is 4.79 Å². The summed E-state index contributed by atoms with van der Waals surface area (Å²) in [6.07, 6.45) is -1.05. The van der Waals surface area contributed by atoms with E-state index in [9.17, 15) is 18.0 Å². The van der Waals surface area contributed by atoms with Crippen LogP contribution in [0.1, 0.15) is 5.56 Å². The van der Waals surface area contributed by atoms with Crippen LogP contribution in [0.4, 0.5) is 5.69 Å². The van der Waals surface area contributed by atoms with E-state index in [1.165, 1.54) is 36.3 Å². The number of ether oxygens (including phenoxy) is 2. The first-order valence-corrected chi connectivity index (χ1v) is 13.0. The molecule has 4 rings (SSSR count). The highest BCUT2D eigenvalue weighted by Gasteiger charge is 2.36. The minimum atomic E-state index is -4.10. The van der Waals surface area contributed by atoms with Crippen LogP contribution in [-0.4, -0.2) is 50.9 Å². The number of para-hydroxylation sites is 2. The molecule has 0 unspecified atom stereocenters. The van der Waals surface area contributed by atoms with Crippen molar-refractivity contribution in [1.82, 2.24) is 4.31 Å². The predicted molar refractivity (Wildman–Crippen MR) is 136 cm³/mol. The smallest absolute Gasteiger partial charge is 0.348 e. The van der Waals surface area contributed by atoms with E-state index in [4.69, 9.17) is 32.7 Å². The Bertz CT molecular complexity index is 1360. The average molecular weight is 549 g/mol. The summed E-state index contributed by atoms with van der Waals surface area (Å²) in [4.78, 5) is 27.1. The molecule has 3 aromatic rings. The molecule has 188 valence electrons. The highest BCUT2D eigenvalue weighted by atomic mass is 35.5. The van der Waals surface area contributed by atoms with Crippen molar-refractivity contribution in [2.45, 2.75) is 17.5 Å². The number of carbonyl (C=O) groups excluding carboxylic acids is 2. The lowest BCUT2D eigenvalue weighted by atomic mass is 10.2. The van der Waals surface area contributed by atoms with Crippen molar-refractivity contribution in [2.24, 2.45) is 0 Å². The van der Waals surface area contributed by atoms with Crippen molar-refractivity contribution < 1.29 is 27.5 Å². The van der Waals surface area contributed by atoms with Gasteiger partial charge in [-0.2, -0.15) is 4.31 Å². The largest absolute Gasteiger partial charge is 0.475 e. The van der Waals surface area contributed by atoms with Gasteiger partial charge in [-0.25, -0.2) is 13.2 Å². The third-order valence-electron chi connectivity index (χ3n) is 5.57. The van der Waals surface area contributed by atoms with Gasteiger partial charge in [0, 0.05) is 16.6 Å². The Morgan fingerprint density at radius 2 is 1.61 bits per heavy atom. The van der Waals surface area contributed by atoms with E-state index in [-0.39, 0.29) is 18.0 Å². The van der Waals surface area contributed by atoms with Crippen molar-refractivity contribution in [2.75, 3.05) is 25.1 Å². The van der Waals surface area contributed by atoms with Crippen LogP contribution >= 0.6 is 23.2 Å². The van der Waals surface area contributed by atoms with Gasteiger partial charge in [0.1, 0.15) is 5.75 Å². The van der Waals surface area contributed by atoms with Crippen LogP contribution in [0.2, 0.25) is 10.0 Å². The van der Waals surface area contributed by atoms with Gasteiger partial charge < -0.3 is 14.4 Å². The van der Waals surface area contributed by atoms with Gasteiger partial charge in [-0.15, -0.1) is 0 Å². The molecule has 0 N–H and O–H groups in total. The van der Waals surface area contributed by atoms with Crippen molar-refractivity contribution in [3.8, 4) is 5.75 Å². The number of halogens is 2. The first-order chi connectivity index (χ1) is 17.2. The van der Waals surface area contributed by atoms with E-state index in [0.717, 1.165) is 4.31 Å². The molecule has 1 amide bonds. The summed E-state index contributed by atoms with van der Waals surface area (Å²) in [6.45, 7) is -0.700. The quantitative estimate of drug-likeness (QED) is 0.411. The van der Waals surface area contributed by atoms with Gasteiger partial charge in [0.05, 0.1) is 30.8 Å². The van der Waals surface area contributed by atoms with Crippen LogP contribution < -0.4 is 9.64 Å². The lowest BCUT2D eigenvalue weighted by Gasteiger charge is -2.34. The highest BCUT2D eigenvalue weighted by Crippen LogP contribution is 2.34. The van der Waals surface area contributed by atoms with Gasteiger partial charge >= 0.3 is 5.97 Å². The molecule has 0 fully saturated rings. The number of sulfonamides is 1. The van der Waals surface area contributed by atoms with Crippen LogP contribution in [0.5, 0.6) is 5.75 Å². The minimum absolute atomic E-state index is 0.0107. The zero-order chi connectivity index (χ0) is 25.9. The fourth-order valence-electron chi connectivity index (χ4n) is 3.74. The molecule has 3 aromatic carbocycles. The molecule has 1 heterocycles. The van der Waals surface area contributed by atoms with E-state index in [1.54, 1.807) is 48.5 Å². The normalized spacial score (nSPS) is 15.2. The van der Waals surface area contributed by atoms with E-state index in [0.29, 0.717) is 27.0 Å². The number of hydrogen-bond donors (Lipinski definition) is 0. The Balaban J connectivity index is 1.68. The molecule has 8 nitrogen and oxygen atoms in total. The monoisotopic (exact) mass is 548 g/mol. The third-order valence-corrected chi connectivity index (χ3v) is 7.88. The number of methoxy groups -OCH3 is 1. The van der Waals surface area contributed by atoms with E-state index < -0.39 is 34.5 Å². The van der Waals surface area contributed by atoms with Crippen molar-refractivity contribution >= 4 is 50.8 Å². The number of hydrogen-bond acceptors (Lipinski definition) is 6. The third kappa shape index (κ3) is 5.65. The second-order valence-electron chi connectivity index (χ2n) is 7.96. The number of benzene rings is 3. The molecule has 1 atom stereocenters. The number of nitrogens with zero attached hydrogens (tertiary/aromatic N) is 2. The Labute approximate surface area is 219 Å². The van der Waals surface area contributed by atoms with E-state index in [2.05, 4.69) is 0 Å². The summed E-state index contributed by atoms with van der Waals surface area (Å²) in [7, 11) is -2.87. The number of anilines is 1. The highest BCUT2D eigenvalue weighted by molar-refractivity contribution is 7.89. The maximum Gasteiger partial charge on any atom is 0.348 e. The zero-order valence-corrected chi connectivity index (χ0v) is 21.5. The number of amides is 1. The van der Waals surface area contributed by atoms with Crippen LogP contribution in [0.3, 0.4) is 0 Å². The van der Waals surface area contributed by atoms with E-state index in [1.807, 2.05) is 0 Å². The van der Waals surface area contributed by atoms with Gasteiger partial charge in [-0.1, -0.05) is 47.5 Å². The maximum atomic E-state index is 13.6. The van der Waals surface area contributed by atoms with Crippen molar-refractivity contribution in [1.29, 1.82) is 0 Å². The van der Waals surface area contributed by atoms with Crippen LogP contribution in [-0.2, 0) is 30.9 Å². The van der Waals surface area contributed by atoms with Gasteiger partial charge in [0.2, 0.25) is 22.0 Å². The molecule has 1 aliphatic heterocycles. The molecule has 0 saturated carbocycles. The fourth-order valence-corrected chi connectivity index (χ4v) is 5.37. The molecule has 0 saturated heterocycles. The van der Waals surface area contributed by atoms with Gasteiger partial charge in [-0.05, 0) is 54.1 Å². The number of carbonyl (C=O) groups is 2. The standard InChI is InChI=1S/C25H22Cl2N2O6S/c1-34-25(31)23-15-29(21-4-2-3-5-22(21)35-23)24(30)16-28(14-17-6-8-18(26)9-7-17)36(32,33)20-12-10-19(27)11-13-20/h2-13,23H,14-16H2,1H3/t23-/m1/s1. The van der Waals surface area contributed by atoms with Crippen LogP contribution in [0.25, 0.3) is 0 Å². The second-order valence-corrected chi connectivity index (χ2v) is 10.8. The first kappa shape index (κ1) is 26.0. The molecule has 0 bridgehead atoms. The molecule has 36 heavy (non-hydrogen) atoms. The van der Waals surface area contributed by atoms with Gasteiger partial charge in [0.25, 0.3) is 0 Å². The number of fused-ring (bicyclic) bond motifs is 1. The summed E-state index contributed by atoms with van der Waals surface area (Å²) in [5, 5.41) is 0.883.